The normalized spacial score (nSPS) is 30.5. The molecule has 0 bridgehead atoms. The summed E-state index contributed by atoms with van der Waals surface area (Å²) in [6, 6.07) is 8.49. The van der Waals surface area contributed by atoms with Gasteiger partial charge in [0.2, 0.25) is 0 Å². The van der Waals surface area contributed by atoms with Gasteiger partial charge >= 0.3 is 5.97 Å². The minimum Gasteiger partial charge on any atom is -0.480 e. The highest BCUT2D eigenvalue weighted by Gasteiger charge is 2.42. The number of benzene rings is 1. The Kier molecular flexibility index (Phi) is 3.28. The molecular formula is C14H18N2O2S. The molecule has 2 atom stereocenters. The Labute approximate surface area is 117 Å². The number of carbonyl (C=O) groups is 1. The molecule has 3 rings (SSSR count). The van der Waals surface area contributed by atoms with Crippen molar-refractivity contribution in [2.75, 3.05) is 25.4 Å². The van der Waals surface area contributed by atoms with Gasteiger partial charge in [-0.3, -0.25) is 4.79 Å². The molecule has 0 amide bonds. The molecule has 19 heavy (non-hydrogen) atoms. The van der Waals surface area contributed by atoms with Crippen LogP contribution in [0.3, 0.4) is 0 Å². The summed E-state index contributed by atoms with van der Waals surface area (Å²) < 4.78 is 0. The molecule has 0 radical (unpaired) electrons. The second-order valence-corrected chi connectivity index (χ2v) is 6.55. The zero-order valence-corrected chi connectivity index (χ0v) is 11.5. The largest absolute Gasteiger partial charge is 0.480 e. The molecule has 5 heteroatoms. The molecule has 4 nitrogen and oxygen atoms in total. The summed E-state index contributed by atoms with van der Waals surface area (Å²) in [4.78, 5) is 14.7. The highest BCUT2D eigenvalue weighted by atomic mass is 32.2. The lowest BCUT2D eigenvalue weighted by Crippen LogP contribution is -2.50. The van der Waals surface area contributed by atoms with E-state index in [2.05, 4.69) is 29.2 Å². The zero-order chi connectivity index (χ0) is 13.5. The SMILES string of the molecule is NC1(C(=O)O)CCN(CC2CSc3ccccc32)C1. The van der Waals surface area contributed by atoms with Crippen molar-refractivity contribution in [1.29, 1.82) is 0 Å². The number of hydrogen-bond acceptors (Lipinski definition) is 4. The molecule has 0 spiro atoms. The van der Waals surface area contributed by atoms with Crippen LogP contribution in [-0.4, -0.2) is 46.9 Å². The lowest BCUT2D eigenvalue weighted by Gasteiger charge is -2.22. The third kappa shape index (κ3) is 2.38. The molecule has 3 N–H and O–H groups in total. The molecule has 102 valence electrons. The second kappa shape index (κ2) is 4.81. The topological polar surface area (TPSA) is 66.6 Å². The van der Waals surface area contributed by atoms with E-state index in [1.165, 1.54) is 10.5 Å². The summed E-state index contributed by atoms with van der Waals surface area (Å²) in [5.74, 6) is 0.703. The number of nitrogens with zero attached hydrogens (tertiary/aromatic N) is 1. The van der Waals surface area contributed by atoms with Crippen LogP contribution in [-0.2, 0) is 4.79 Å². The molecule has 2 aliphatic heterocycles. The maximum atomic E-state index is 11.1. The van der Waals surface area contributed by atoms with Crippen molar-refractivity contribution in [3.8, 4) is 0 Å². The first kappa shape index (κ1) is 13.0. The van der Waals surface area contributed by atoms with E-state index in [1.54, 1.807) is 0 Å². The molecular weight excluding hydrogens is 260 g/mol. The molecule has 1 fully saturated rings. The van der Waals surface area contributed by atoms with Crippen LogP contribution in [0.5, 0.6) is 0 Å². The van der Waals surface area contributed by atoms with Gasteiger partial charge in [0.25, 0.3) is 0 Å². The summed E-state index contributed by atoms with van der Waals surface area (Å²) in [6.07, 6.45) is 0.545. The van der Waals surface area contributed by atoms with E-state index in [-0.39, 0.29) is 0 Å². The van der Waals surface area contributed by atoms with Crippen LogP contribution >= 0.6 is 11.8 Å². The predicted molar refractivity (Wildman–Crippen MR) is 75.5 cm³/mol. The standard InChI is InChI=1S/C14H18N2O2S/c15-14(13(17)18)5-6-16(9-14)7-10-8-19-12-4-2-1-3-11(10)12/h1-4,10H,5-9,15H2,(H,17,18). The summed E-state index contributed by atoms with van der Waals surface area (Å²) in [5.41, 5.74) is 6.26. The Balaban J connectivity index is 1.67. The number of likely N-dealkylation sites (tertiary alicyclic amines) is 1. The smallest absolute Gasteiger partial charge is 0.325 e. The first-order chi connectivity index (χ1) is 9.08. The minimum absolute atomic E-state index is 0.464. The van der Waals surface area contributed by atoms with Gasteiger partial charge in [0.15, 0.2) is 0 Å². The Hall–Kier alpha value is -1.04. The lowest BCUT2D eigenvalue weighted by molar-refractivity contribution is -0.142. The van der Waals surface area contributed by atoms with Gasteiger partial charge in [0, 0.05) is 36.2 Å². The van der Waals surface area contributed by atoms with Gasteiger partial charge in [0.05, 0.1) is 0 Å². The summed E-state index contributed by atoms with van der Waals surface area (Å²) in [6.45, 7) is 2.16. The summed E-state index contributed by atoms with van der Waals surface area (Å²) >= 11 is 1.89. The van der Waals surface area contributed by atoms with Crippen molar-refractivity contribution in [2.45, 2.75) is 22.8 Å². The number of carboxylic acids is 1. The fraction of sp³-hybridized carbons (Fsp3) is 0.500. The van der Waals surface area contributed by atoms with Crippen LogP contribution in [0.4, 0.5) is 0 Å². The number of nitrogens with two attached hydrogens (primary N) is 1. The van der Waals surface area contributed by atoms with E-state index < -0.39 is 11.5 Å². The molecule has 1 saturated heterocycles. The Bertz CT molecular complexity index is 508. The van der Waals surface area contributed by atoms with E-state index in [0.29, 0.717) is 18.9 Å². The third-order valence-corrected chi connectivity index (χ3v) is 5.34. The molecule has 0 saturated carbocycles. The molecule has 2 unspecified atom stereocenters. The monoisotopic (exact) mass is 278 g/mol. The van der Waals surface area contributed by atoms with Gasteiger partial charge < -0.3 is 15.7 Å². The molecule has 0 aliphatic carbocycles. The van der Waals surface area contributed by atoms with Gasteiger partial charge in [-0.05, 0) is 18.1 Å². The Morgan fingerprint density at radius 1 is 1.53 bits per heavy atom. The summed E-state index contributed by atoms with van der Waals surface area (Å²) in [7, 11) is 0. The average molecular weight is 278 g/mol. The minimum atomic E-state index is -1.05. The maximum Gasteiger partial charge on any atom is 0.325 e. The fourth-order valence-corrected chi connectivity index (χ4v) is 4.18. The van der Waals surface area contributed by atoms with E-state index in [0.717, 1.165) is 18.8 Å². The van der Waals surface area contributed by atoms with E-state index >= 15 is 0 Å². The van der Waals surface area contributed by atoms with Crippen LogP contribution in [0.25, 0.3) is 0 Å². The number of hydrogen-bond donors (Lipinski definition) is 2. The quantitative estimate of drug-likeness (QED) is 0.874. The second-order valence-electron chi connectivity index (χ2n) is 5.49. The first-order valence-corrected chi connectivity index (χ1v) is 7.53. The maximum absolute atomic E-state index is 11.1. The molecule has 2 heterocycles. The number of aliphatic carboxylic acids is 1. The van der Waals surface area contributed by atoms with Crippen LogP contribution < -0.4 is 5.73 Å². The molecule has 1 aromatic rings. The van der Waals surface area contributed by atoms with Crippen molar-refractivity contribution in [2.24, 2.45) is 5.73 Å². The fourth-order valence-electron chi connectivity index (χ4n) is 2.94. The first-order valence-electron chi connectivity index (χ1n) is 6.55. The van der Waals surface area contributed by atoms with E-state index in [1.807, 2.05) is 11.8 Å². The van der Waals surface area contributed by atoms with Crippen LogP contribution in [0, 0.1) is 0 Å². The highest BCUT2D eigenvalue weighted by molar-refractivity contribution is 7.99. The highest BCUT2D eigenvalue weighted by Crippen LogP contribution is 2.40. The summed E-state index contributed by atoms with van der Waals surface area (Å²) in [5, 5.41) is 9.15. The van der Waals surface area contributed by atoms with E-state index in [4.69, 9.17) is 10.8 Å². The Morgan fingerprint density at radius 3 is 3.05 bits per heavy atom. The van der Waals surface area contributed by atoms with Gasteiger partial charge in [-0.2, -0.15) is 0 Å². The van der Waals surface area contributed by atoms with Crippen LogP contribution in [0.2, 0.25) is 0 Å². The van der Waals surface area contributed by atoms with Crippen molar-refractivity contribution in [3.05, 3.63) is 29.8 Å². The number of fused-ring (bicyclic) bond motifs is 1. The third-order valence-electron chi connectivity index (χ3n) is 4.08. The van der Waals surface area contributed by atoms with Gasteiger partial charge in [0.1, 0.15) is 5.54 Å². The number of rotatable bonds is 3. The van der Waals surface area contributed by atoms with Crippen molar-refractivity contribution < 1.29 is 9.90 Å². The van der Waals surface area contributed by atoms with Crippen molar-refractivity contribution in [1.82, 2.24) is 4.90 Å². The Morgan fingerprint density at radius 2 is 2.32 bits per heavy atom. The lowest BCUT2D eigenvalue weighted by atomic mass is 10.00. The van der Waals surface area contributed by atoms with Gasteiger partial charge in [-0.15, -0.1) is 11.8 Å². The molecule has 0 aromatic heterocycles. The molecule has 2 aliphatic rings. The van der Waals surface area contributed by atoms with Crippen LogP contribution in [0.1, 0.15) is 17.9 Å². The zero-order valence-electron chi connectivity index (χ0n) is 10.7. The number of thioether (sulfide) groups is 1. The van der Waals surface area contributed by atoms with E-state index in [9.17, 15) is 4.79 Å². The van der Waals surface area contributed by atoms with Gasteiger partial charge in [-0.1, -0.05) is 18.2 Å². The van der Waals surface area contributed by atoms with Crippen molar-refractivity contribution in [3.63, 3.8) is 0 Å². The molecule has 1 aromatic carbocycles. The van der Waals surface area contributed by atoms with Gasteiger partial charge in [-0.25, -0.2) is 0 Å². The number of carboxylic acid groups (broad SMARTS) is 1. The predicted octanol–water partition coefficient (Wildman–Crippen LogP) is 1.36. The van der Waals surface area contributed by atoms with Crippen LogP contribution in [0.15, 0.2) is 29.2 Å². The average Bonchev–Trinajstić information content (AvgIpc) is 2.96. The van der Waals surface area contributed by atoms with Crippen molar-refractivity contribution >= 4 is 17.7 Å².